The van der Waals surface area contributed by atoms with Gasteiger partial charge in [-0.05, 0) is 69.6 Å². The number of piperidine rings is 1. The zero-order chi connectivity index (χ0) is 29.2. The Labute approximate surface area is 243 Å². The molecule has 9 nitrogen and oxygen atoms in total. The van der Waals surface area contributed by atoms with E-state index < -0.39 is 11.8 Å². The third-order valence-corrected chi connectivity index (χ3v) is 8.36. The molecule has 0 amide bonds. The summed E-state index contributed by atoms with van der Waals surface area (Å²) in [5, 5.41) is 9.54. The number of aromatic nitrogens is 3. The van der Waals surface area contributed by atoms with Crippen molar-refractivity contribution in [3.63, 3.8) is 0 Å². The average molecular weight is 570 g/mol. The van der Waals surface area contributed by atoms with Crippen molar-refractivity contribution in [1.29, 1.82) is 0 Å². The van der Waals surface area contributed by atoms with Crippen LogP contribution < -0.4 is 4.74 Å². The molecule has 4 heterocycles. The number of carboxylic acid groups (broad SMARTS) is 1. The summed E-state index contributed by atoms with van der Waals surface area (Å²) in [6.07, 6.45) is 2.94. The molecule has 0 bridgehead atoms. The minimum atomic E-state index is -0.952. The molecule has 2 aromatic carbocycles. The van der Waals surface area contributed by atoms with Gasteiger partial charge in [-0.25, -0.2) is 24.0 Å². The van der Waals surface area contributed by atoms with Crippen molar-refractivity contribution in [2.45, 2.75) is 57.4 Å². The quantitative estimate of drug-likeness (QED) is 0.243. The summed E-state index contributed by atoms with van der Waals surface area (Å²) in [5.41, 5.74) is 3.46. The molecule has 42 heavy (non-hydrogen) atoms. The maximum atomic E-state index is 14.3. The van der Waals surface area contributed by atoms with Crippen molar-refractivity contribution in [2.75, 3.05) is 19.7 Å². The number of aromatic carboxylic acids is 1. The lowest BCUT2D eigenvalue weighted by Crippen LogP contribution is -2.37. The van der Waals surface area contributed by atoms with Gasteiger partial charge < -0.3 is 19.1 Å². The number of nitrogens with zero attached hydrogens (tertiary/aromatic N) is 5. The van der Waals surface area contributed by atoms with Crippen molar-refractivity contribution < 1.29 is 23.8 Å². The molecule has 0 spiro atoms. The largest absolute Gasteiger partial charge is 0.478 e. The lowest BCUT2D eigenvalue weighted by atomic mass is 9.92. The van der Waals surface area contributed by atoms with Gasteiger partial charge in [0.05, 0.1) is 41.9 Å². The molecule has 2 saturated heterocycles. The van der Waals surface area contributed by atoms with Gasteiger partial charge in [0.15, 0.2) is 5.69 Å². The molecular weight excluding hydrogens is 537 g/mol. The minimum absolute atomic E-state index is 0.0391. The highest BCUT2D eigenvalue weighted by Crippen LogP contribution is 2.34. The minimum Gasteiger partial charge on any atom is -0.478 e. The lowest BCUT2D eigenvalue weighted by molar-refractivity contribution is -0.0594. The van der Waals surface area contributed by atoms with Crippen molar-refractivity contribution in [2.24, 2.45) is 0 Å². The molecule has 0 aliphatic carbocycles. The molecule has 2 fully saturated rings. The van der Waals surface area contributed by atoms with E-state index in [0.717, 1.165) is 61.5 Å². The molecule has 216 valence electrons. The Kier molecular flexibility index (Phi) is 7.87. The Morgan fingerprint density at radius 3 is 2.67 bits per heavy atom. The second-order valence-corrected chi connectivity index (χ2v) is 10.9. The molecule has 0 saturated carbocycles. The van der Waals surface area contributed by atoms with Crippen molar-refractivity contribution >= 4 is 22.7 Å². The molecule has 2 aromatic heterocycles. The first-order valence-electron chi connectivity index (χ1n) is 14.2. The van der Waals surface area contributed by atoms with E-state index in [2.05, 4.69) is 21.2 Å². The van der Waals surface area contributed by atoms with Gasteiger partial charge in [-0.15, -0.1) is 0 Å². The third-order valence-electron chi connectivity index (χ3n) is 8.36. The first-order valence-corrected chi connectivity index (χ1v) is 14.2. The predicted octanol–water partition coefficient (Wildman–Crippen LogP) is 6.13. The summed E-state index contributed by atoms with van der Waals surface area (Å²) in [6, 6.07) is 15.2. The highest BCUT2D eigenvalue weighted by atomic mass is 19.1. The number of imidazole rings is 1. The van der Waals surface area contributed by atoms with E-state index in [1.807, 2.05) is 12.1 Å². The number of hydrogen-bond donors (Lipinski definition) is 1. The smallest absolute Gasteiger partial charge is 0.335 e. The summed E-state index contributed by atoms with van der Waals surface area (Å²) in [4.78, 5) is 27.0. The van der Waals surface area contributed by atoms with Gasteiger partial charge >= 0.3 is 5.97 Å². The number of hydrogen-bond acceptors (Lipinski definition) is 6. The van der Waals surface area contributed by atoms with E-state index in [4.69, 9.17) is 26.0 Å². The Balaban J connectivity index is 1.13. The number of likely N-dealkylation sites (tertiary alicyclic amines) is 1. The molecule has 6 rings (SSSR count). The van der Waals surface area contributed by atoms with Gasteiger partial charge in [0.1, 0.15) is 18.2 Å². The molecule has 0 radical (unpaired) electrons. The average Bonchev–Trinajstić information content (AvgIpc) is 3.35. The number of fused-ring (bicyclic) bond motifs is 1. The fourth-order valence-corrected chi connectivity index (χ4v) is 5.78. The zero-order valence-corrected chi connectivity index (χ0v) is 23.4. The SMILES string of the molecule is [C-]#[N+]c1ccc(COc2cccc(C3CCN([C@@H](C)c4nc5ccc(C(=O)O)cc5n4C[C@@H]4CCO4)CC3)n2)c(F)c1. The Hall–Kier alpha value is -4.33. The molecular formula is C32H32FN5O4. The van der Waals surface area contributed by atoms with E-state index in [1.54, 1.807) is 36.4 Å². The number of carboxylic acids is 1. The number of carbonyl (C=O) groups is 1. The van der Waals surface area contributed by atoms with Crippen molar-refractivity contribution in [1.82, 2.24) is 19.4 Å². The fourth-order valence-electron chi connectivity index (χ4n) is 5.78. The van der Waals surface area contributed by atoms with Crippen LogP contribution in [0.5, 0.6) is 5.88 Å². The fraction of sp³-hybridized carbons (Fsp3) is 0.375. The van der Waals surface area contributed by atoms with Crippen molar-refractivity contribution in [3.8, 4) is 5.88 Å². The first kappa shape index (κ1) is 27.8. The first-order chi connectivity index (χ1) is 20.4. The number of pyridine rings is 1. The number of ether oxygens (including phenoxy) is 2. The molecule has 2 aliphatic rings. The van der Waals surface area contributed by atoms with Crippen LogP contribution in [0.25, 0.3) is 15.9 Å². The second kappa shape index (κ2) is 11.9. The normalized spacial score (nSPS) is 18.4. The topological polar surface area (TPSA) is 94.1 Å². The van der Waals surface area contributed by atoms with Gasteiger partial charge in [0, 0.05) is 29.8 Å². The monoisotopic (exact) mass is 569 g/mol. The Morgan fingerprint density at radius 2 is 1.98 bits per heavy atom. The van der Waals surface area contributed by atoms with Crippen LogP contribution >= 0.6 is 0 Å². The molecule has 2 aliphatic heterocycles. The Bertz CT molecular complexity index is 1650. The van der Waals surface area contributed by atoms with Crippen LogP contribution in [0.3, 0.4) is 0 Å². The summed E-state index contributed by atoms with van der Waals surface area (Å²) in [5.74, 6) is 0.229. The lowest BCUT2D eigenvalue weighted by Gasteiger charge is -2.36. The summed E-state index contributed by atoms with van der Waals surface area (Å²) >= 11 is 0. The van der Waals surface area contributed by atoms with Crippen LogP contribution in [0, 0.1) is 12.4 Å². The van der Waals surface area contributed by atoms with E-state index in [-0.39, 0.29) is 35.9 Å². The van der Waals surface area contributed by atoms with Gasteiger partial charge in [0.25, 0.3) is 0 Å². The highest BCUT2D eigenvalue weighted by molar-refractivity contribution is 5.92. The Morgan fingerprint density at radius 1 is 1.17 bits per heavy atom. The molecule has 0 unspecified atom stereocenters. The van der Waals surface area contributed by atoms with Crippen LogP contribution in [0.2, 0.25) is 0 Å². The van der Waals surface area contributed by atoms with Gasteiger partial charge in [-0.3, -0.25) is 4.90 Å². The number of benzene rings is 2. The van der Waals surface area contributed by atoms with Crippen LogP contribution in [-0.4, -0.2) is 56.3 Å². The second-order valence-electron chi connectivity index (χ2n) is 10.9. The zero-order valence-electron chi connectivity index (χ0n) is 23.4. The van der Waals surface area contributed by atoms with E-state index in [0.29, 0.717) is 18.0 Å². The van der Waals surface area contributed by atoms with E-state index in [1.165, 1.54) is 6.07 Å². The van der Waals surface area contributed by atoms with Crippen molar-refractivity contribution in [3.05, 3.63) is 94.5 Å². The molecule has 4 aromatic rings. The number of halogens is 1. The van der Waals surface area contributed by atoms with Crippen LogP contribution in [0.15, 0.2) is 54.6 Å². The van der Waals surface area contributed by atoms with Gasteiger partial charge in [-0.1, -0.05) is 18.2 Å². The maximum absolute atomic E-state index is 14.3. The van der Waals surface area contributed by atoms with Gasteiger partial charge in [0.2, 0.25) is 5.88 Å². The highest BCUT2D eigenvalue weighted by Gasteiger charge is 2.30. The van der Waals surface area contributed by atoms with Crippen LogP contribution in [0.1, 0.15) is 65.6 Å². The van der Waals surface area contributed by atoms with Crippen LogP contribution in [-0.2, 0) is 17.9 Å². The molecule has 10 heteroatoms. The third kappa shape index (κ3) is 5.71. The van der Waals surface area contributed by atoms with E-state index in [9.17, 15) is 14.3 Å². The number of rotatable bonds is 9. The van der Waals surface area contributed by atoms with E-state index >= 15 is 0 Å². The maximum Gasteiger partial charge on any atom is 0.335 e. The molecule has 2 atom stereocenters. The summed E-state index contributed by atoms with van der Waals surface area (Å²) < 4.78 is 27.9. The molecule has 1 N–H and O–H groups in total. The predicted molar refractivity (Wildman–Crippen MR) is 154 cm³/mol. The van der Waals surface area contributed by atoms with Crippen LogP contribution in [0.4, 0.5) is 10.1 Å². The summed E-state index contributed by atoms with van der Waals surface area (Å²) in [6.45, 7) is 12.4. The summed E-state index contributed by atoms with van der Waals surface area (Å²) in [7, 11) is 0. The van der Waals surface area contributed by atoms with Gasteiger partial charge in [-0.2, -0.15) is 0 Å². The standard InChI is InChI=1S/C32H32FN5O4/c1-20(31-36-28-9-7-22(32(39)40)16-29(28)38(31)18-25-12-15-41-25)37-13-10-21(11-14-37)27-4-3-5-30(35-27)42-19-23-6-8-24(34-2)17-26(23)33/h3-9,16-17,20-21,25H,10-15,18-19H2,1H3,(H,39,40)/t20-,25-/m0/s1.